The lowest BCUT2D eigenvalue weighted by molar-refractivity contribution is -0.138. The molecule has 2 aromatic carbocycles. The number of rotatable bonds is 9. The van der Waals surface area contributed by atoms with Gasteiger partial charge in [-0.25, -0.2) is 9.48 Å². The van der Waals surface area contributed by atoms with Crippen LogP contribution in [0.1, 0.15) is 36.6 Å². The van der Waals surface area contributed by atoms with Gasteiger partial charge in [0.2, 0.25) is 5.91 Å². The number of amides is 2. The summed E-state index contributed by atoms with van der Waals surface area (Å²) < 4.78 is 6.73. The Kier molecular flexibility index (Phi) is 7.09. The highest BCUT2D eigenvalue weighted by molar-refractivity contribution is 5.86. The second-order valence-corrected chi connectivity index (χ2v) is 8.71. The number of hydrogen-bond acceptors (Lipinski definition) is 6. The van der Waals surface area contributed by atoms with Gasteiger partial charge in [0.1, 0.15) is 24.9 Å². The van der Waals surface area contributed by atoms with Crippen molar-refractivity contribution in [3.05, 3.63) is 71.5 Å². The van der Waals surface area contributed by atoms with Crippen molar-refractivity contribution in [2.75, 3.05) is 6.61 Å². The monoisotopic (exact) mass is 477 g/mol. The lowest BCUT2D eigenvalue weighted by Crippen LogP contribution is -2.49. The predicted molar refractivity (Wildman–Crippen MR) is 126 cm³/mol. The lowest BCUT2D eigenvalue weighted by Gasteiger charge is -2.22. The molecule has 0 fully saturated rings. The third kappa shape index (κ3) is 5.48. The molecule has 1 aliphatic carbocycles. The van der Waals surface area contributed by atoms with Crippen LogP contribution < -0.4 is 10.6 Å². The molecule has 4 rings (SSSR count). The van der Waals surface area contributed by atoms with Crippen LogP contribution in [0.25, 0.3) is 11.1 Å². The maximum absolute atomic E-state index is 12.7. The number of carbonyl (C=O) groups is 3. The minimum atomic E-state index is -1.04. The highest BCUT2D eigenvalue weighted by Crippen LogP contribution is 2.44. The number of carboxylic acids is 1. The first-order valence-electron chi connectivity index (χ1n) is 11.3. The average molecular weight is 478 g/mol. The van der Waals surface area contributed by atoms with Crippen molar-refractivity contribution in [2.24, 2.45) is 5.92 Å². The number of nitrogens with zero attached hydrogens (tertiary/aromatic N) is 3. The van der Waals surface area contributed by atoms with Crippen molar-refractivity contribution in [2.45, 2.75) is 38.9 Å². The molecule has 1 aliphatic rings. The van der Waals surface area contributed by atoms with E-state index in [0.717, 1.165) is 22.3 Å². The van der Waals surface area contributed by atoms with Crippen molar-refractivity contribution in [3.8, 4) is 11.1 Å². The Morgan fingerprint density at radius 2 is 1.69 bits per heavy atom. The summed E-state index contributed by atoms with van der Waals surface area (Å²) in [5, 5.41) is 21.7. The van der Waals surface area contributed by atoms with Gasteiger partial charge in [-0.1, -0.05) is 67.6 Å². The first kappa shape index (κ1) is 23.9. The first-order valence-corrected chi connectivity index (χ1v) is 11.3. The molecule has 35 heavy (non-hydrogen) atoms. The van der Waals surface area contributed by atoms with Gasteiger partial charge in [-0.2, -0.15) is 0 Å². The van der Waals surface area contributed by atoms with Gasteiger partial charge in [0, 0.05) is 5.92 Å². The van der Waals surface area contributed by atoms with Gasteiger partial charge in [-0.3, -0.25) is 9.59 Å². The van der Waals surface area contributed by atoms with Crippen LogP contribution in [-0.4, -0.2) is 50.7 Å². The van der Waals surface area contributed by atoms with Crippen LogP contribution >= 0.6 is 0 Å². The van der Waals surface area contributed by atoms with E-state index < -0.39 is 24.0 Å². The number of carboxylic acid groups (broad SMARTS) is 1. The quantitative estimate of drug-likeness (QED) is 0.431. The second-order valence-electron chi connectivity index (χ2n) is 8.71. The van der Waals surface area contributed by atoms with Crippen LogP contribution in [0.5, 0.6) is 0 Å². The number of fused-ring (bicyclic) bond motifs is 3. The highest BCUT2D eigenvalue weighted by Gasteiger charge is 2.30. The maximum Gasteiger partial charge on any atom is 0.407 e. The number of benzene rings is 2. The Morgan fingerprint density at radius 3 is 2.29 bits per heavy atom. The fraction of sp³-hybridized carbons (Fsp3) is 0.320. The SMILES string of the molecule is CC(C)[C@H](NC(=O)OCC1c2ccccc2-c2ccccc21)C(=O)NCc1cn(CC(=O)O)nn1. The van der Waals surface area contributed by atoms with Crippen LogP contribution in [0.4, 0.5) is 4.79 Å². The van der Waals surface area contributed by atoms with E-state index in [9.17, 15) is 14.4 Å². The van der Waals surface area contributed by atoms with Gasteiger partial charge in [0.05, 0.1) is 12.7 Å². The van der Waals surface area contributed by atoms with Gasteiger partial charge in [0.25, 0.3) is 0 Å². The molecule has 182 valence electrons. The smallest absolute Gasteiger partial charge is 0.407 e. The number of aliphatic carboxylic acids is 1. The van der Waals surface area contributed by atoms with Gasteiger partial charge in [-0.05, 0) is 28.2 Å². The molecule has 0 spiro atoms. The number of ether oxygens (including phenoxy) is 1. The summed E-state index contributed by atoms with van der Waals surface area (Å²) in [4.78, 5) is 36.1. The van der Waals surface area contributed by atoms with Gasteiger partial charge in [0.15, 0.2) is 0 Å². The van der Waals surface area contributed by atoms with Crippen LogP contribution in [0.3, 0.4) is 0 Å². The molecule has 0 unspecified atom stereocenters. The summed E-state index contributed by atoms with van der Waals surface area (Å²) in [6.45, 7) is 3.51. The summed E-state index contributed by atoms with van der Waals surface area (Å²) in [6.07, 6.45) is 0.769. The molecule has 1 atom stereocenters. The zero-order valence-electron chi connectivity index (χ0n) is 19.5. The number of aromatic nitrogens is 3. The zero-order chi connectivity index (χ0) is 24.9. The molecule has 0 bridgehead atoms. The molecular weight excluding hydrogens is 450 g/mol. The molecule has 3 aromatic rings. The van der Waals surface area contributed by atoms with E-state index in [1.54, 1.807) is 0 Å². The molecular formula is C25H27N5O5. The lowest BCUT2D eigenvalue weighted by atomic mass is 9.98. The van der Waals surface area contributed by atoms with E-state index in [1.165, 1.54) is 10.9 Å². The number of nitrogens with one attached hydrogen (secondary N) is 2. The normalized spacial score (nSPS) is 13.1. The number of carbonyl (C=O) groups excluding carboxylic acids is 2. The van der Waals surface area contributed by atoms with E-state index in [1.807, 2.05) is 50.2 Å². The van der Waals surface area contributed by atoms with E-state index >= 15 is 0 Å². The van der Waals surface area contributed by atoms with E-state index in [4.69, 9.17) is 9.84 Å². The summed E-state index contributed by atoms with van der Waals surface area (Å²) >= 11 is 0. The van der Waals surface area contributed by atoms with Crippen LogP contribution in [-0.2, 0) is 27.4 Å². The van der Waals surface area contributed by atoms with Crippen molar-refractivity contribution in [1.82, 2.24) is 25.6 Å². The van der Waals surface area contributed by atoms with Gasteiger partial charge >= 0.3 is 12.1 Å². The number of hydrogen-bond donors (Lipinski definition) is 3. The van der Waals surface area contributed by atoms with Crippen LogP contribution in [0.15, 0.2) is 54.7 Å². The molecule has 0 radical (unpaired) electrons. The fourth-order valence-electron chi connectivity index (χ4n) is 4.23. The molecule has 1 heterocycles. The topological polar surface area (TPSA) is 135 Å². The largest absolute Gasteiger partial charge is 0.480 e. The number of alkyl carbamates (subject to hydrolysis) is 1. The highest BCUT2D eigenvalue weighted by atomic mass is 16.5. The molecule has 1 aromatic heterocycles. The Hall–Kier alpha value is -4.21. The summed E-state index contributed by atoms with van der Waals surface area (Å²) in [6, 6.07) is 15.3. The average Bonchev–Trinajstić information content (AvgIpc) is 3.41. The molecule has 0 saturated carbocycles. The third-order valence-electron chi connectivity index (χ3n) is 5.89. The Balaban J connectivity index is 1.34. The molecule has 2 amide bonds. The van der Waals surface area contributed by atoms with Gasteiger partial charge in [-0.15, -0.1) is 5.10 Å². The van der Waals surface area contributed by atoms with Gasteiger partial charge < -0.3 is 20.5 Å². The molecule has 10 heteroatoms. The zero-order valence-corrected chi connectivity index (χ0v) is 19.5. The third-order valence-corrected chi connectivity index (χ3v) is 5.89. The molecule has 0 saturated heterocycles. The summed E-state index contributed by atoms with van der Waals surface area (Å²) in [7, 11) is 0. The van der Waals surface area contributed by atoms with Crippen LogP contribution in [0, 0.1) is 5.92 Å². The minimum absolute atomic E-state index is 0.0496. The van der Waals surface area contributed by atoms with E-state index in [-0.39, 0.29) is 31.5 Å². The van der Waals surface area contributed by atoms with Crippen LogP contribution in [0.2, 0.25) is 0 Å². The summed E-state index contributed by atoms with van der Waals surface area (Å²) in [5.41, 5.74) is 4.89. The standard InChI is InChI=1S/C25H27N5O5/c1-15(2)23(24(33)26-11-16-12-30(29-28-16)13-22(31)32)27-25(34)35-14-21-19-9-5-3-7-17(19)18-8-4-6-10-20(18)21/h3-10,12,15,21,23H,11,13-14H2,1-2H3,(H,26,33)(H,27,34)(H,31,32)/t23-/m0/s1. The van der Waals surface area contributed by atoms with Crippen molar-refractivity contribution < 1.29 is 24.2 Å². The van der Waals surface area contributed by atoms with Crippen molar-refractivity contribution >= 4 is 18.0 Å². The molecule has 10 nitrogen and oxygen atoms in total. The molecule has 0 aliphatic heterocycles. The van der Waals surface area contributed by atoms with Crippen molar-refractivity contribution in [1.29, 1.82) is 0 Å². The molecule has 3 N–H and O–H groups in total. The van der Waals surface area contributed by atoms with E-state index in [0.29, 0.717) is 5.69 Å². The van der Waals surface area contributed by atoms with E-state index in [2.05, 4.69) is 33.1 Å². The second kappa shape index (κ2) is 10.4. The predicted octanol–water partition coefficient (Wildman–Crippen LogP) is 2.54. The Bertz CT molecular complexity index is 1190. The minimum Gasteiger partial charge on any atom is -0.480 e. The van der Waals surface area contributed by atoms with Crippen molar-refractivity contribution in [3.63, 3.8) is 0 Å². The maximum atomic E-state index is 12.7. The Labute approximate surface area is 202 Å². The summed E-state index contributed by atoms with van der Waals surface area (Å²) in [5.74, 6) is -1.72. The first-order chi connectivity index (χ1) is 16.8. The Morgan fingerprint density at radius 1 is 1.06 bits per heavy atom. The fourth-order valence-corrected chi connectivity index (χ4v) is 4.23.